The van der Waals surface area contributed by atoms with Crippen LogP contribution in [0.25, 0.3) is 22.3 Å². The lowest BCUT2D eigenvalue weighted by molar-refractivity contribution is 1.23. The number of benzene rings is 3. The van der Waals surface area contributed by atoms with Crippen LogP contribution in [0.3, 0.4) is 0 Å². The van der Waals surface area contributed by atoms with Gasteiger partial charge in [0, 0.05) is 0 Å². The lowest BCUT2D eigenvalue weighted by Gasteiger charge is -2.07. The zero-order valence-corrected chi connectivity index (χ0v) is 13.0. The van der Waals surface area contributed by atoms with Gasteiger partial charge in [-0.15, -0.1) is 0 Å². The van der Waals surface area contributed by atoms with Crippen molar-refractivity contribution < 1.29 is 0 Å². The molecule has 2 aliphatic carbocycles. The van der Waals surface area contributed by atoms with Crippen LogP contribution in [0.4, 0.5) is 0 Å². The Labute approximate surface area is 131 Å². The summed E-state index contributed by atoms with van der Waals surface area (Å²) in [5, 5.41) is 0. The third-order valence-electron chi connectivity index (χ3n) is 5.20. The van der Waals surface area contributed by atoms with Gasteiger partial charge in [-0.1, -0.05) is 47.5 Å². The van der Waals surface area contributed by atoms with E-state index in [1.165, 1.54) is 55.6 Å². The van der Waals surface area contributed by atoms with Gasteiger partial charge in [0.05, 0.1) is 0 Å². The summed E-state index contributed by atoms with van der Waals surface area (Å²) in [7, 11) is 0. The number of hydrogen-bond acceptors (Lipinski definition) is 0. The first-order chi connectivity index (χ1) is 10.7. The molecule has 0 saturated carbocycles. The number of fused-ring (bicyclic) bond motifs is 6. The third-order valence-corrected chi connectivity index (χ3v) is 5.20. The molecule has 0 heterocycles. The fourth-order valence-electron chi connectivity index (χ4n) is 4.12. The van der Waals surface area contributed by atoms with Crippen molar-refractivity contribution >= 4 is 0 Å². The smallest absolute Gasteiger partial charge is 0.00131 e. The molecule has 22 heavy (non-hydrogen) atoms. The van der Waals surface area contributed by atoms with Gasteiger partial charge in [0.25, 0.3) is 0 Å². The largest absolute Gasteiger partial charge is 0.0590 e. The SMILES string of the molecule is Cc1ccc2c(c1)Cc1cc3c(cc1-2)Cc1ccc(C)cc1-3. The molecule has 5 rings (SSSR count). The van der Waals surface area contributed by atoms with Crippen molar-refractivity contribution in [3.63, 3.8) is 0 Å². The molecule has 0 N–H and O–H groups in total. The van der Waals surface area contributed by atoms with Gasteiger partial charge in [-0.2, -0.15) is 0 Å². The number of hydrogen-bond donors (Lipinski definition) is 0. The fourth-order valence-corrected chi connectivity index (χ4v) is 4.12. The summed E-state index contributed by atoms with van der Waals surface area (Å²) in [6, 6.07) is 18.7. The summed E-state index contributed by atoms with van der Waals surface area (Å²) in [6.45, 7) is 4.37. The van der Waals surface area contributed by atoms with Crippen LogP contribution in [0.5, 0.6) is 0 Å². The average Bonchev–Trinajstić information content (AvgIpc) is 3.01. The molecule has 0 atom stereocenters. The van der Waals surface area contributed by atoms with Gasteiger partial charge in [-0.3, -0.25) is 0 Å². The molecule has 0 nitrogen and oxygen atoms in total. The Bertz CT molecular complexity index is 944. The van der Waals surface area contributed by atoms with Crippen molar-refractivity contribution in [2.45, 2.75) is 26.7 Å². The molecule has 0 radical (unpaired) electrons. The van der Waals surface area contributed by atoms with Gasteiger partial charge in [-0.25, -0.2) is 0 Å². The van der Waals surface area contributed by atoms with Crippen LogP contribution in [0.2, 0.25) is 0 Å². The fraction of sp³-hybridized carbons (Fsp3) is 0.182. The molecule has 2 aliphatic rings. The second-order valence-electron chi connectivity index (χ2n) is 6.84. The Morgan fingerprint density at radius 3 is 1.86 bits per heavy atom. The first kappa shape index (κ1) is 12.2. The normalized spacial score (nSPS) is 13.5. The highest BCUT2D eigenvalue weighted by atomic mass is 14.3. The molecule has 0 unspecified atom stereocenters. The maximum absolute atomic E-state index is 2.45. The van der Waals surface area contributed by atoms with Crippen LogP contribution in [-0.2, 0) is 12.8 Å². The number of aryl methyl sites for hydroxylation is 2. The number of rotatable bonds is 0. The molecule has 106 valence electrons. The predicted molar refractivity (Wildman–Crippen MR) is 92.4 cm³/mol. The van der Waals surface area contributed by atoms with Crippen molar-refractivity contribution in [2.24, 2.45) is 0 Å². The zero-order valence-electron chi connectivity index (χ0n) is 13.0. The average molecular weight is 282 g/mol. The highest BCUT2D eigenvalue weighted by molar-refractivity contribution is 5.85. The third kappa shape index (κ3) is 1.58. The van der Waals surface area contributed by atoms with Gasteiger partial charge in [0.2, 0.25) is 0 Å². The highest BCUT2D eigenvalue weighted by Crippen LogP contribution is 2.44. The van der Waals surface area contributed by atoms with E-state index in [0.29, 0.717) is 0 Å². The topological polar surface area (TPSA) is 0 Å². The molecule has 0 spiro atoms. The van der Waals surface area contributed by atoms with Crippen molar-refractivity contribution in [1.29, 1.82) is 0 Å². The summed E-state index contributed by atoms with van der Waals surface area (Å²) in [6.07, 6.45) is 2.17. The molecule has 3 aromatic rings. The molecule has 0 aliphatic heterocycles. The van der Waals surface area contributed by atoms with Crippen molar-refractivity contribution in [3.8, 4) is 22.3 Å². The van der Waals surface area contributed by atoms with Gasteiger partial charge in [0.15, 0.2) is 0 Å². The monoisotopic (exact) mass is 282 g/mol. The Kier molecular flexibility index (Phi) is 2.28. The molecular formula is C22H18. The Hall–Kier alpha value is -2.34. The van der Waals surface area contributed by atoms with Gasteiger partial charge in [-0.05, 0) is 83.3 Å². The van der Waals surface area contributed by atoms with E-state index in [4.69, 9.17) is 0 Å². The first-order valence-electron chi connectivity index (χ1n) is 8.04. The molecule has 0 amide bonds. The molecular weight excluding hydrogens is 264 g/mol. The molecule has 0 bridgehead atoms. The maximum Gasteiger partial charge on any atom is -0.00131 e. The molecule has 0 aromatic heterocycles. The minimum Gasteiger partial charge on any atom is -0.0590 e. The van der Waals surface area contributed by atoms with E-state index in [9.17, 15) is 0 Å². The molecule has 0 saturated heterocycles. The molecule has 0 heteroatoms. The molecule has 3 aromatic carbocycles. The minimum absolute atomic E-state index is 1.08. The van der Waals surface area contributed by atoms with Crippen LogP contribution < -0.4 is 0 Å². The summed E-state index contributed by atoms with van der Waals surface area (Å²) < 4.78 is 0. The van der Waals surface area contributed by atoms with Gasteiger partial charge in [0.1, 0.15) is 0 Å². The summed E-state index contributed by atoms with van der Waals surface area (Å²) in [5.41, 5.74) is 14.5. The van der Waals surface area contributed by atoms with Crippen LogP contribution in [0.1, 0.15) is 33.4 Å². The second kappa shape index (κ2) is 4.10. The van der Waals surface area contributed by atoms with E-state index >= 15 is 0 Å². The second-order valence-corrected chi connectivity index (χ2v) is 6.84. The van der Waals surface area contributed by atoms with Crippen LogP contribution in [0.15, 0.2) is 48.5 Å². The Morgan fingerprint density at radius 2 is 1.05 bits per heavy atom. The van der Waals surface area contributed by atoms with Crippen LogP contribution in [0, 0.1) is 13.8 Å². The van der Waals surface area contributed by atoms with Crippen molar-refractivity contribution in [2.75, 3.05) is 0 Å². The maximum atomic E-state index is 2.45. The first-order valence-corrected chi connectivity index (χ1v) is 8.04. The van der Waals surface area contributed by atoms with Crippen molar-refractivity contribution in [1.82, 2.24) is 0 Å². The molecule has 0 fully saturated rings. The predicted octanol–water partition coefficient (Wildman–Crippen LogP) is 5.45. The standard InChI is InChI=1S/C22H18/c1-13-4-6-19-16(7-13)10-18-12-22-17(11-21(18)19)9-15-5-3-14(2)8-20(15)22/h3-8,11-12H,9-10H2,1-2H3. The summed E-state index contributed by atoms with van der Waals surface area (Å²) >= 11 is 0. The Balaban J connectivity index is 1.72. The zero-order chi connectivity index (χ0) is 14.8. The van der Waals surface area contributed by atoms with Crippen LogP contribution in [-0.4, -0.2) is 0 Å². The van der Waals surface area contributed by atoms with E-state index in [-0.39, 0.29) is 0 Å². The van der Waals surface area contributed by atoms with E-state index in [2.05, 4.69) is 62.4 Å². The lowest BCUT2D eigenvalue weighted by Crippen LogP contribution is -1.85. The summed E-state index contributed by atoms with van der Waals surface area (Å²) in [5.74, 6) is 0. The van der Waals surface area contributed by atoms with Crippen LogP contribution >= 0.6 is 0 Å². The quantitative estimate of drug-likeness (QED) is 0.354. The highest BCUT2D eigenvalue weighted by Gasteiger charge is 2.25. The summed E-state index contributed by atoms with van der Waals surface area (Å²) in [4.78, 5) is 0. The van der Waals surface area contributed by atoms with Gasteiger partial charge >= 0.3 is 0 Å². The van der Waals surface area contributed by atoms with E-state index < -0.39 is 0 Å². The Morgan fingerprint density at radius 1 is 0.500 bits per heavy atom. The van der Waals surface area contributed by atoms with Crippen molar-refractivity contribution in [3.05, 3.63) is 81.9 Å². The van der Waals surface area contributed by atoms with E-state index in [1.807, 2.05) is 0 Å². The van der Waals surface area contributed by atoms with Gasteiger partial charge < -0.3 is 0 Å². The van der Waals surface area contributed by atoms with E-state index in [1.54, 1.807) is 0 Å². The van der Waals surface area contributed by atoms with E-state index in [0.717, 1.165) is 12.8 Å². The lowest BCUT2D eigenvalue weighted by atomic mass is 9.97. The minimum atomic E-state index is 1.08.